The highest BCUT2D eigenvalue weighted by molar-refractivity contribution is 5.84. The normalized spacial score (nSPS) is 16.7. The first-order valence-electron chi connectivity index (χ1n) is 7.99. The van der Waals surface area contributed by atoms with E-state index in [1.807, 2.05) is 0 Å². The summed E-state index contributed by atoms with van der Waals surface area (Å²) >= 11 is 0. The van der Waals surface area contributed by atoms with Crippen molar-refractivity contribution in [2.45, 2.75) is 5.92 Å². The predicted octanol–water partition coefficient (Wildman–Crippen LogP) is 5.31. The zero-order chi connectivity index (χ0) is 15.6. The summed E-state index contributed by atoms with van der Waals surface area (Å²) in [7, 11) is 2.15. The van der Waals surface area contributed by atoms with Crippen LogP contribution in [0.3, 0.4) is 0 Å². The van der Waals surface area contributed by atoms with Gasteiger partial charge in [-0.05, 0) is 28.8 Å². The van der Waals surface area contributed by atoms with Crippen LogP contribution in [0.15, 0.2) is 91.0 Å². The van der Waals surface area contributed by atoms with Crippen LogP contribution in [0.25, 0.3) is 5.70 Å². The molecule has 0 saturated carbocycles. The molecule has 1 nitrogen and oxygen atoms in total. The molecule has 23 heavy (non-hydrogen) atoms. The van der Waals surface area contributed by atoms with Gasteiger partial charge in [-0.25, -0.2) is 0 Å². The van der Waals surface area contributed by atoms with E-state index < -0.39 is 0 Å². The smallest absolute Gasteiger partial charge is 0.0450 e. The van der Waals surface area contributed by atoms with Crippen LogP contribution in [0.4, 0.5) is 5.69 Å². The highest BCUT2D eigenvalue weighted by atomic mass is 15.1. The minimum atomic E-state index is 0.291. The van der Waals surface area contributed by atoms with Crippen LogP contribution in [0, 0.1) is 0 Å². The van der Waals surface area contributed by atoms with E-state index in [1.165, 1.54) is 28.1 Å². The van der Waals surface area contributed by atoms with Gasteiger partial charge in [-0.15, -0.1) is 0 Å². The lowest BCUT2D eigenvalue weighted by Crippen LogP contribution is -2.22. The molecular formula is C22H19N. The second-order valence-corrected chi connectivity index (χ2v) is 5.92. The molecule has 0 bridgehead atoms. The van der Waals surface area contributed by atoms with Gasteiger partial charge in [0.2, 0.25) is 0 Å². The molecule has 4 rings (SSSR count). The number of anilines is 1. The van der Waals surface area contributed by atoms with E-state index in [9.17, 15) is 0 Å². The average molecular weight is 297 g/mol. The highest BCUT2D eigenvalue weighted by Crippen LogP contribution is 2.41. The molecule has 0 spiro atoms. The van der Waals surface area contributed by atoms with Crippen LogP contribution in [0.2, 0.25) is 0 Å². The first-order chi connectivity index (χ1) is 11.3. The van der Waals surface area contributed by atoms with Gasteiger partial charge in [0.25, 0.3) is 0 Å². The first kappa shape index (κ1) is 13.8. The van der Waals surface area contributed by atoms with Gasteiger partial charge >= 0.3 is 0 Å². The van der Waals surface area contributed by atoms with Gasteiger partial charge in [0.1, 0.15) is 0 Å². The Morgan fingerprint density at radius 1 is 0.696 bits per heavy atom. The summed E-state index contributed by atoms with van der Waals surface area (Å²) in [6, 6.07) is 30.1. The summed E-state index contributed by atoms with van der Waals surface area (Å²) in [6.45, 7) is 0. The van der Waals surface area contributed by atoms with Crippen LogP contribution >= 0.6 is 0 Å². The molecule has 0 saturated heterocycles. The van der Waals surface area contributed by atoms with Crippen molar-refractivity contribution in [3.63, 3.8) is 0 Å². The molecule has 3 aromatic carbocycles. The lowest BCUT2D eigenvalue weighted by atomic mass is 9.85. The third-order valence-electron chi connectivity index (χ3n) is 4.55. The third kappa shape index (κ3) is 2.44. The Labute approximate surface area is 137 Å². The molecule has 1 aliphatic rings. The summed E-state index contributed by atoms with van der Waals surface area (Å²) in [5.41, 5.74) is 6.49. The monoisotopic (exact) mass is 297 g/mol. The summed E-state index contributed by atoms with van der Waals surface area (Å²) in [4.78, 5) is 2.30. The minimum absolute atomic E-state index is 0.291. The van der Waals surface area contributed by atoms with Crippen molar-refractivity contribution in [2.75, 3.05) is 11.9 Å². The maximum atomic E-state index is 2.38. The van der Waals surface area contributed by atoms with Crippen molar-refractivity contribution in [2.24, 2.45) is 0 Å². The van der Waals surface area contributed by atoms with Gasteiger partial charge in [0.05, 0.1) is 0 Å². The Hall–Kier alpha value is -2.80. The Kier molecular flexibility index (Phi) is 3.47. The van der Waals surface area contributed by atoms with E-state index in [0.717, 1.165) is 0 Å². The van der Waals surface area contributed by atoms with E-state index in [-0.39, 0.29) is 0 Å². The van der Waals surface area contributed by atoms with Crippen molar-refractivity contribution >= 4 is 11.4 Å². The maximum absolute atomic E-state index is 2.38. The number of hydrogen-bond acceptors (Lipinski definition) is 1. The van der Waals surface area contributed by atoms with Gasteiger partial charge in [0, 0.05) is 24.4 Å². The van der Waals surface area contributed by atoms with Crippen molar-refractivity contribution in [3.05, 3.63) is 108 Å². The van der Waals surface area contributed by atoms with Crippen molar-refractivity contribution < 1.29 is 0 Å². The number of allylic oxidation sites excluding steroid dienone is 1. The van der Waals surface area contributed by atoms with Crippen molar-refractivity contribution in [3.8, 4) is 0 Å². The zero-order valence-corrected chi connectivity index (χ0v) is 13.2. The molecule has 1 unspecified atom stereocenters. The predicted molar refractivity (Wildman–Crippen MR) is 97.5 cm³/mol. The Morgan fingerprint density at radius 2 is 1.30 bits per heavy atom. The van der Waals surface area contributed by atoms with E-state index in [1.54, 1.807) is 0 Å². The number of hydrogen-bond donors (Lipinski definition) is 0. The zero-order valence-electron chi connectivity index (χ0n) is 13.2. The van der Waals surface area contributed by atoms with Crippen LogP contribution in [0.5, 0.6) is 0 Å². The summed E-state index contributed by atoms with van der Waals surface area (Å²) in [5, 5.41) is 0. The molecule has 1 atom stereocenters. The molecule has 0 aromatic heterocycles. The second kappa shape index (κ2) is 5.77. The molecular weight excluding hydrogens is 278 g/mol. The SMILES string of the molecule is CN1C(c2ccccc2)=CC(c2ccccc2)c2ccccc21. The molecule has 1 heteroatoms. The van der Waals surface area contributed by atoms with Crippen molar-refractivity contribution in [1.82, 2.24) is 0 Å². The topological polar surface area (TPSA) is 3.24 Å². The fourth-order valence-electron chi connectivity index (χ4n) is 3.38. The summed E-state index contributed by atoms with van der Waals surface area (Å²) in [5.74, 6) is 0.291. The van der Waals surface area contributed by atoms with Crippen LogP contribution in [-0.2, 0) is 0 Å². The second-order valence-electron chi connectivity index (χ2n) is 5.92. The molecule has 1 aliphatic heterocycles. The fourth-order valence-corrected chi connectivity index (χ4v) is 3.38. The molecule has 3 aromatic rings. The maximum Gasteiger partial charge on any atom is 0.0450 e. The Balaban J connectivity index is 1.90. The van der Waals surface area contributed by atoms with Crippen LogP contribution in [-0.4, -0.2) is 7.05 Å². The van der Waals surface area contributed by atoms with Gasteiger partial charge in [-0.2, -0.15) is 0 Å². The highest BCUT2D eigenvalue weighted by Gasteiger charge is 2.25. The third-order valence-corrected chi connectivity index (χ3v) is 4.55. The molecule has 112 valence electrons. The number of fused-ring (bicyclic) bond motifs is 1. The van der Waals surface area contributed by atoms with Crippen LogP contribution < -0.4 is 4.90 Å². The largest absolute Gasteiger partial charge is 0.344 e. The van der Waals surface area contributed by atoms with Gasteiger partial charge in [-0.1, -0.05) is 78.9 Å². The number of para-hydroxylation sites is 1. The van der Waals surface area contributed by atoms with Gasteiger partial charge in [-0.3, -0.25) is 0 Å². The lowest BCUT2D eigenvalue weighted by Gasteiger charge is -2.33. The van der Waals surface area contributed by atoms with E-state index in [0.29, 0.717) is 5.92 Å². The molecule has 1 heterocycles. The lowest BCUT2D eigenvalue weighted by molar-refractivity contribution is 0.976. The van der Waals surface area contributed by atoms with E-state index in [4.69, 9.17) is 0 Å². The van der Waals surface area contributed by atoms with Gasteiger partial charge < -0.3 is 4.90 Å². The fraction of sp³-hybridized carbons (Fsp3) is 0.0909. The number of benzene rings is 3. The first-order valence-corrected chi connectivity index (χ1v) is 7.99. The molecule has 0 fully saturated rings. The molecule has 0 N–H and O–H groups in total. The quantitative estimate of drug-likeness (QED) is 0.619. The molecule has 0 radical (unpaired) electrons. The minimum Gasteiger partial charge on any atom is -0.344 e. The Bertz CT molecular complexity index is 834. The summed E-state index contributed by atoms with van der Waals surface area (Å²) < 4.78 is 0. The van der Waals surface area contributed by atoms with E-state index >= 15 is 0 Å². The van der Waals surface area contributed by atoms with Crippen molar-refractivity contribution in [1.29, 1.82) is 0 Å². The van der Waals surface area contributed by atoms with Crippen LogP contribution in [0.1, 0.15) is 22.6 Å². The molecule has 0 amide bonds. The van der Waals surface area contributed by atoms with E-state index in [2.05, 4.69) is 103 Å². The number of rotatable bonds is 2. The molecule has 0 aliphatic carbocycles. The van der Waals surface area contributed by atoms with Gasteiger partial charge in [0.15, 0.2) is 0 Å². The standard InChI is InChI=1S/C22H19N/c1-23-21-15-9-8-14-19(21)20(17-10-4-2-5-11-17)16-22(23)18-12-6-3-7-13-18/h2-16,20H,1H3. The summed E-state index contributed by atoms with van der Waals surface area (Å²) in [6.07, 6.45) is 2.38. The number of nitrogens with zero attached hydrogens (tertiary/aromatic N) is 1. The average Bonchev–Trinajstić information content (AvgIpc) is 2.64. The Morgan fingerprint density at radius 3 is 2.04 bits per heavy atom.